The van der Waals surface area contributed by atoms with Crippen molar-refractivity contribution in [3.05, 3.63) is 35.4 Å². The molecule has 1 fully saturated rings. The second-order valence-corrected chi connectivity index (χ2v) is 6.18. The minimum atomic E-state index is -4.08. The third kappa shape index (κ3) is 4.22. The summed E-state index contributed by atoms with van der Waals surface area (Å²) in [6.45, 7) is 2.12. The van der Waals surface area contributed by atoms with E-state index >= 15 is 0 Å². The molecule has 1 aliphatic rings. The third-order valence-corrected chi connectivity index (χ3v) is 4.59. The van der Waals surface area contributed by atoms with Crippen molar-refractivity contribution in [2.24, 2.45) is 17.6 Å². The van der Waals surface area contributed by atoms with Crippen LogP contribution in [0.2, 0.25) is 0 Å². The SMILES string of the molecule is CCCc1ccc(C(N)C2CCCC(C(F)(F)F)C2)cc1. The van der Waals surface area contributed by atoms with E-state index in [1.54, 1.807) is 0 Å². The molecule has 4 heteroatoms. The van der Waals surface area contributed by atoms with Gasteiger partial charge in [0, 0.05) is 6.04 Å². The van der Waals surface area contributed by atoms with Crippen LogP contribution in [-0.2, 0) is 6.42 Å². The van der Waals surface area contributed by atoms with Crippen LogP contribution >= 0.6 is 0 Å². The van der Waals surface area contributed by atoms with Crippen LogP contribution in [0.25, 0.3) is 0 Å². The lowest BCUT2D eigenvalue weighted by molar-refractivity contribution is -0.186. The van der Waals surface area contributed by atoms with Crippen LogP contribution in [0.3, 0.4) is 0 Å². The Bertz CT molecular complexity index is 438. The van der Waals surface area contributed by atoms with Gasteiger partial charge in [-0.05, 0) is 42.7 Å². The van der Waals surface area contributed by atoms with Gasteiger partial charge in [-0.1, -0.05) is 44.0 Å². The van der Waals surface area contributed by atoms with E-state index < -0.39 is 12.1 Å². The Labute approximate surface area is 124 Å². The zero-order valence-corrected chi connectivity index (χ0v) is 12.5. The molecule has 2 rings (SSSR count). The number of alkyl halides is 3. The molecule has 1 aromatic rings. The van der Waals surface area contributed by atoms with Crippen LogP contribution in [0.1, 0.15) is 56.2 Å². The van der Waals surface area contributed by atoms with Gasteiger partial charge < -0.3 is 5.73 Å². The summed E-state index contributed by atoms with van der Waals surface area (Å²) in [5.74, 6) is -1.25. The Kier molecular flexibility index (Phi) is 5.31. The molecule has 0 aliphatic heterocycles. The molecule has 0 amide bonds. The zero-order valence-electron chi connectivity index (χ0n) is 12.5. The minimum absolute atomic E-state index is 0.0672. The molecule has 118 valence electrons. The third-order valence-electron chi connectivity index (χ3n) is 4.59. The van der Waals surface area contributed by atoms with Crippen molar-refractivity contribution in [1.29, 1.82) is 0 Å². The number of halogens is 3. The van der Waals surface area contributed by atoms with E-state index in [9.17, 15) is 13.2 Å². The molecule has 1 saturated carbocycles. The molecule has 0 spiro atoms. The van der Waals surface area contributed by atoms with Crippen LogP contribution in [0, 0.1) is 11.8 Å². The van der Waals surface area contributed by atoms with Gasteiger partial charge >= 0.3 is 6.18 Å². The van der Waals surface area contributed by atoms with Gasteiger partial charge in [-0.15, -0.1) is 0 Å². The average Bonchev–Trinajstić information content (AvgIpc) is 2.47. The van der Waals surface area contributed by atoms with Crippen LogP contribution < -0.4 is 5.73 Å². The molecule has 2 N–H and O–H groups in total. The van der Waals surface area contributed by atoms with E-state index in [-0.39, 0.29) is 24.8 Å². The molecule has 3 atom stereocenters. The predicted molar refractivity (Wildman–Crippen MR) is 78.9 cm³/mol. The van der Waals surface area contributed by atoms with Gasteiger partial charge in [0.05, 0.1) is 5.92 Å². The molecule has 1 aliphatic carbocycles. The highest BCUT2D eigenvalue weighted by molar-refractivity contribution is 5.25. The van der Waals surface area contributed by atoms with Gasteiger partial charge in [0.25, 0.3) is 0 Å². The van der Waals surface area contributed by atoms with Crippen LogP contribution in [0.5, 0.6) is 0 Å². The molecule has 0 radical (unpaired) electrons. The standard InChI is InChI=1S/C17H24F3N/c1-2-4-12-7-9-13(10-8-12)16(21)14-5-3-6-15(11-14)17(18,19)20/h7-10,14-16H,2-6,11,21H2,1H3. The highest BCUT2D eigenvalue weighted by atomic mass is 19.4. The Morgan fingerprint density at radius 3 is 2.43 bits per heavy atom. The first-order valence-corrected chi connectivity index (χ1v) is 7.83. The summed E-state index contributed by atoms with van der Waals surface area (Å²) in [6, 6.07) is 7.76. The zero-order chi connectivity index (χ0) is 15.5. The van der Waals surface area contributed by atoms with E-state index in [4.69, 9.17) is 5.73 Å². The molecule has 1 nitrogen and oxygen atoms in total. The molecule has 0 bridgehead atoms. The Morgan fingerprint density at radius 2 is 1.86 bits per heavy atom. The van der Waals surface area contributed by atoms with E-state index in [2.05, 4.69) is 6.92 Å². The highest BCUT2D eigenvalue weighted by Gasteiger charge is 2.43. The second-order valence-electron chi connectivity index (χ2n) is 6.18. The number of rotatable bonds is 4. The van der Waals surface area contributed by atoms with Gasteiger partial charge in [0.15, 0.2) is 0 Å². The average molecular weight is 299 g/mol. The van der Waals surface area contributed by atoms with Crippen molar-refractivity contribution >= 4 is 0 Å². The van der Waals surface area contributed by atoms with Crippen molar-refractivity contribution < 1.29 is 13.2 Å². The smallest absolute Gasteiger partial charge is 0.324 e. The van der Waals surface area contributed by atoms with E-state index in [1.807, 2.05) is 24.3 Å². The van der Waals surface area contributed by atoms with Crippen LogP contribution in [0.4, 0.5) is 13.2 Å². The van der Waals surface area contributed by atoms with Crippen LogP contribution in [-0.4, -0.2) is 6.18 Å². The highest BCUT2D eigenvalue weighted by Crippen LogP contribution is 2.43. The minimum Gasteiger partial charge on any atom is -0.324 e. The lowest BCUT2D eigenvalue weighted by Crippen LogP contribution is -2.33. The summed E-state index contributed by atoms with van der Waals surface area (Å²) >= 11 is 0. The quantitative estimate of drug-likeness (QED) is 0.831. The monoisotopic (exact) mass is 299 g/mol. The maximum absolute atomic E-state index is 12.9. The molecule has 3 unspecified atom stereocenters. The number of nitrogens with two attached hydrogens (primary N) is 1. The van der Waals surface area contributed by atoms with Crippen molar-refractivity contribution in [2.75, 3.05) is 0 Å². The summed E-state index contributed by atoms with van der Waals surface area (Å²) in [5, 5.41) is 0. The van der Waals surface area contributed by atoms with Crippen molar-refractivity contribution in [3.63, 3.8) is 0 Å². The Hall–Kier alpha value is -1.03. The normalized spacial score (nSPS) is 24.8. The van der Waals surface area contributed by atoms with Gasteiger partial charge in [0.2, 0.25) is 0 Å². The maximum Gasteiger partial charge on any atom is 0.391 e. The molecule has 21 heavy (non-hydrogen) atoms. The molecule has 0 saturated heterocycles. The van der Waals surface area contributed by atoms with Crippen LogP contribution in [0.15, 0.2) is 24.3 Å². The first-order valence-electron chi connectivity index (χ1n) is 7.83. The number of aryl methyl sites for hydroxylation is 1. The number of hydrogen-bond donors (Lipinski definition) is 1. The number of benzene rings is 1. The van der Waals surface area contributed by atoms with Crippen molar-refractivity contribution in [1.82, 2.24) is 0 Å². The first-order chi connectivity index (χ1) is 9.91. The summed E-state index contributed by atoms with van der Waals surface area (Å²) in [5.41, 5.74) is 8.45. The van der Waals surface area contributed by atoms with Gasteiger partial charge in [0.1, 0.15) is 0 Å². The Morgan fingerprint density at radius 1 is 1.19 bits per heavy atom. The fraction of sp³-hybridized carbons (Fsp3) is 0.647. The fourth-order valence-electron chi connectivity index (χ4n) is 3.32. The molecular formula is C17H24F3N. The maximum atomic E-state index is 12.9. The largest absolute Gasteiger partial charge is 0.391 e. The molecule has 0 aromatic heterocycles. The number of hydrogen-bond acceptors (Lipinski definition) is 1. The summed E-state index contributed by atoms with van der Waals surface area (Å²) in [7, 11) is 0. The van der Waals surface area contributed by atoms with E-state index in [0.717, 1.165) is 24.8 Å². The lowest BCUT2D eigenvalue weighted by atomic mass is 9.76. The van der Waals surface area contributed by atoms with Crippen molar-refractivity contribution in [2.45, 2.75) is 57.7 Å². The predicted octanol–water partition coefficient (Wildman–Crippen LogP) is 5.01. The first kappa shape index (κ1) is 16.3. The van der Waals surface area contributed by atoms with E-state index in [0.29, 0.717) is 6.42 Å². The second kappa shape index (κ2) is 6.82. The van der Waals surface area contributed by atoms with Gasteiger partial charge in [-0.25, -0.2) is 0 Å². The van der Waals surface area contributed by atoms with Gasteiger partial charge in [-0.2, -0.15) is 13.2 Å². The topological polar surface area (TPSA) is 26.0 Å². The van der Waals surface area contributed by atoms with Crippen molar-refractivity contribution in [3.8, 4) is 0 Å². The molecular weight excluding hydrogens is 275 g/mol. The summed E-state index contributed by atoms with van der Waals surface area (Å²) in [6.07, 6.45) is -0.135. The van der Waals surface area contributed by atoms with Gasteiger partial charge in [-0.3, -0.25) is 0 Å². The molecule has 1 aromatic carbocycles. The Balaban J connectivity index is 2.03. The summed E-state index contributed by atoms with van der Waals surface area (Å²) < 4.78 is 38.6. The fourth-order valence-corrected chi connectivity index (χ4v) is 3.32. The molecule has 0 heterocycles. The van der Waals surface area contributed by atoms with E-state index in [1.165, 1.54) is 5.56 Å². The summed E-state index contributed by atoms with van der Waals surface area (Å²) in [4.78, 5) is 0. The lowest BCUT2D eigenvalue weighted by Gasteiger charge is -2.34.